The van der Waals surface area contributed by atoms with Gasteiger partial charge in [0.1, 0.15) is 6.61 Å². The van der Waals surface area contributed by atoms with Gasteiger partial charge in [-0.15, -0.1) is 0 Å². The quantitative estimate of drug-likeness (QED) is 0.759. The molecule has 0 radical (unpaired) electrons. The molecule has 0 saturated heterocycles. The minimum atomic E-state index is -0.279. The van der Waals surface area contributed by atoms with Crippen molar-refractivity contribution in [3.05, 3.63) is 29.8 Å². The highest BCUT2D eigenvalue weighted by molar-refractivity contribution is 5.65. The van der Waals surface area contributed by atoms with Crippen molar-refractivity contribution in [2.24, 2.45) is 0 Å². The number of hydrogen-bond acceptors (Lipinski definition) is 4. The van der Waals surface area contributed by atoms with Crippen LogP contribution in [0.4, 0.5) is 5.69 Å². The molecule has 1 N–H and O–H groups in total. The molecule has 0 amide bonds. The maximum Gasteiger partial charge on any atom is 0.302 e. The Morgan fingerprint density at radius 1 is 1.41 bits per heavy atom. The number of esters is 1. The monoisotopic (exact) mass is 237 g/mol. The maximum atomic E-state index is 10.7. The van der Waals surface area contributed by atoms with Gasteiger partial charge in [0.05, 0.1) is 13.2 Å². The molecule has 0 heterocycles. The van der Waals surface area contributed by atoms with Crippen molar-refractivity contribution in [3.8, 4) is 0 Å². The molecule has 0 spiro atoms. The number of carbonyl (C=O) groups is 1. The Hall–Kier alpha value is -1.55. The third kappa shape index (κ3) is 4.87. The summed E-state index contributed by atoms with van der Waals surface area (Å²) in [5.41, 5.74) is 2.20. The lowest BCUT2D eigenvalue weighted by Gasteiger charge is -2.24. The van der Waals surface area contributed by atoms with Crippen molar-refractivity contribution in [2.45, 2.75) is 13.8 Å². The minimum Gasteiger partial charge on any atom is -0.464 e. The van der Waals surface area contributed by atoms with Gasteiger partial charge >= 0.3 is 5.97 Å². The number of rotatable bonds is 6. The van der Waals surface area contributed by atoms with Crippen molar-refractivity contribution < 1.29 is 14.6 Å². The van der Waals surface area contributed by atoms with Gasteiger partial charge in [0.15, 0.2) is 0 Å². The lowest BCUT2D eigenvalue weighted by Crippen LogP contribution is -2.30. The highest BCUT2D eigenvalue weighted by Crippen LogP contribution is 2.15. The van der Waals surface area contributed by atoms with Crippen LogP contribution in [0.1, 0.15) is 12.5 Å². The van der Waals surface area contributed by atoms with E-state index in [9.17, 15) is 4.79 Å². The Balaban J connectivity index is 2.61. The first kappa shape index (κ1) is 13.5. The Bertz CT molecular complexity index is 365. The van der Waals surface area contributed by atoms with E-state index in [0.29, 0.717) is 19.7 Å². The molecule has 0 saturated carbocycles. The smallest absolute Gasteiger partial charge is 0.302 e. The molecule has 1 aromatic rings. The van der Waals surface area contributed by atoms with Gasteiger partial charge in [0.2, 0.25) is 0 Å². The van der Waals surface area contributed by atoms with E-state index in [1.165, 1.54) is 6.92 Å². The van der Waals surface area contributed by atoms with Crippen LogP contribution in [0.5, 0.6) is 0 Å². The van der Waals surface area contributed by atoms with Crippen LogP contribution in [0.25, 0.3) is 0 Å². The summed E-state index contributed by atoms with van der Waals surface area (Å²) in [6, 6.07) is 8.02. The summed E-state index contributed by atoms with van der Waals surface area (Å²) in [4.78, 5) is 12.7. The molecule has 0 aliphatic carbocycles. The van der Waals surface area contributed by atoms with Crippen molar-refractivity contribution in [1.29, 1.82) is 0 Å². The molecule has 0 fully saturated rings. The molecule has 0 aromatic heterocycles. The van der Waals surface area contributed by atoms with E-state index in [2.05, 4.69) is 0 Å². The summed E-state index contributed by atoms with van der Waals surface area (Å²) >= 11 is 0. The predicted molar refractivity (Wildman–Crippen MR) is 67.1 cm³/mol. The van der Waals surface area contributed by atoms with Gasteiger partial charge in [-0.05, 0) is 24.6 Å². The van der Waals surface area contributed by atoms with Crippen molar-refractivity contribution in [1.82, 2.24) is 0 Å². The number of carbonyl (C=O) groups excluding carboxylic acids is 1. The van der Waals surface area contributed by atoms with Gasteiger partial charge in [-0.1, -0.05) is 12.1 Å². The fraction of sp³-hybridized carbons (Fsp3) is 0.462. The highest BCUT2D eigenvalue weighted by atomic mass is 16.5. The van der Waals surface area contributed by atoms with Gasteiger partial charge in [-0.3, -0.25) is 4.79 Å². The lowest BCUT2D eigenvalue weighted by molar-refractivity contribution is -0.140. The topological polar surface area (TPSA) is 49.8 Å². The maximum absolute atomic E-state index is 10.7. The van der Waals surface area contributed by atoms with Crippen LogP contribution in [0.15, 0.2) is 24.3 Å². The zero-order valence-electron chi connectivity index (χ0n) is 10.3. The van der Waals surface area contributed by atoms with E-state index >= 15 is 0 Å². The van der Waals surface area contributed by atoms with Gasteiger partial charge in [-0.25, -0.2) is 0 Å². The fourth-order valence-corrected chi connectivity index (χ4v) is 1.61. The first-order chi connectivity index (χ1) is 8.13. The number of aryl methyl sites for hydroxylation is 1. The fourth-order valence-electron chi connectivity index (χ4n) is 1.61. The number of hydrogen-bond donors (Lipinski definition) is 1. The second-order valence-electron chi connectivity index (χ2n) is 3.89. The summed E-state index contributed by atoms with van der Waals surface area (Å²) < 4.78 is 4.91. The standard InChI is InChI=1S/C13H19NO3/c1-11-4-3-5-13(10-11)14(6-8-15)7-9-17-12(2)16/h3-5,10,15H,6-9H2,1-2H3. The molecule has 4 heteroatoms. The van der Waals surface area contributed by atoms with Crippen LogP contribution in [-0.4, -0.2) is 37.4 Å². The molecule has 1 aromatic carbocycles. The first-order valence-corrected chi connectivity index (χ1v) is 5.69. The molecule has 4 nitrogen and oxygen atoms in total. The largest absolute Gasteiger partial charge is 0.464 e. The first-order valence-electron chi connectivity index (χ1n) is 5.69. The number of aliphatic hydroxyl groups is 1. The molecule has 1 rings (SSSR count). The van der Waals surface area contributed by atoms with E-state index in [1.54, 1.807) is 0 Å². The number of ether oxygens (including phenoxy) is 1. The molecule has 0 atom stereocenters. The molecular formula is C13H19NO3. The third-order valence-corrected chi connectivity index (χ3v) is 2.40. The van der Waals surface area contributed by atoms with Crippen molar-refractivity contribution in [2.75, 3.05) is 31.2 Å². The number of benzene rings is 1. The van der Waals surface area contributed by atoms with E-state index < -0.39 is 0 Å². The average Bonchev–Trinajstić information content (AvgIpc) is 2.27. The molecule has 94 valence electrons. The highest BCUT2D eigenvalue weighted by Gasteiger charge is 2.06. The molecule has 0 aliphatic rings. The summed E-state index contributed by atoms with van der Waals surface area (Å²) in [6.45, 7) is 4.95. The van der Waals surface area contributed by atoms with Gasteiger partial charge < -0.3 is 14.7 Å². The van der Waals surface area contributed by atoms with Crippen LogP contribution >= 0.6 is 0 Å². The molecule has 0 aliphatic heterocycles. The lowest BCUT2D eigenvalue weighted by atomic mass is 10.2. The summed E-state index contributed by atoms with van der Waals surface area (Å²) in [7, 11) is 0. The zero-order valence-corrected chi connectivity index (χ0v) is 10.3. The molecule has 0 unspecified atom stereocenters. The van der Waals surface area contributed by atoms with E-state index in [4.69, 9.17) is 9.84 Å². The van der Waals surface area contributed by atoms with E-state index in [1.807, 2.05) is 36.1 Å². The van der Waals surface area contributed by atoms with Crippen LogP contribution in [0.3, 0.4) is 0 Å². The SMILES string of the molecule is CC(=O)OCCN(CCO)c1cccc(C)c1. The third-order valence-electron chi connectivity index (χ3n) is 2.40. The second kappa shape index (κ2) is 6.91. The Morgan fingerprint density at radius 2 is 2.18 bits per heavy atom. The number of nitrogens with zero attached hydrogens (tertiary/aromatic N) is 1. The predicted octanol–water partition coefficient (Wildman–Crippen LogP) is 1.36. The van der Waals surface area contributed by atoms with E-state index in [-0.39, 0.29) is 12.6 Å². The summed E-state index contributed by atoms with van der Waals surface area (Å²) in [5.74, 6) is -0.279. The van der Waals surface area contributed by atoms with E-state index in [0.717, 1.165) is 11.3 Å². The Labute approximate surface area is 102 Å². The zero-order chi connectivity index (χ0) is 12.7. The molecular weight excluding hydrogens is 218 g/mol. The Kier molecular flexibility index (Phi) is 5.49. The molecule has 17 heavy (non-hydrogen) atoms. The van der Waals surface area contributed by atoms with Crippen LogP contribution in [-0.2, 0) is 9.53 Å². The van der Waals surface area contributed by atoms with Crippen LogP contribution in [0.2, 0.25) is 0 Å². The molecule has 0 bridgehead atoms. The van der Waals surface area contributed by atoms with Gasteiger partial charge in [0.25, 0.3) is 0 Å². The number of aliphatic hydroxyl groups excluding tert-OH is 1. The minimum absolute atomic E-state index is 0.0774. The average molecular weight is 237 g/mol. The second-order valence-corrected chi connectivity index (χ2v) is 3.89. The van der Waals surface area contributed by atoms with Gasteiger partial charge in [-0.2, -0.15) is 0 Å². The van der Waals surface area contributed by atoms with Crippen molar-refractivity contribution in [3.63, 3.8) is 0 Å². The number of anilines is 1. The summed E-state index contributed by atoms with van der Waals surface area (Å²) in [6.07, 6.45) is 0. The van der Waals surface area contributed by atoms with Gasteiger partial charge in [0, 0.05) is 19.2 Å². The van der Waals surface area contributed by atoms with Crippen LogP contribution in [0, 0.1) is 6.92 Å². The summed E-state index contributed by atoms with van der Waals surface area (Å²) in [5, 5.41) is 9.03. The normalized spacial score (nSPS) is 10.1. The Morgan fingerprint density at radius 3 is 2.76 bits per heavy atom. The van der Waals surface area contributed by atoms with Crippen molar-refractivity contribution >= 4 is 11.7 Å². The van der Waals surface area contributed by atoms with Crippen LogP contribution < -0.4 is 4.90 Å².